The zero-order valence-electron chi connectivity index (χ0n) is 15.3. The molecule has 1 saturated heterocycles. The van der Waals surface area contributed by atoms with Gasteiger partial charge in [-0.15, -0.1) is 0 Å². The van der Waals surface area contributed by atoms with Crippen molar-refractivity contribution < 1.29 is 18.3 Å². The number of amides is 1. The van der Waals surface area contributed by atoms with Gasteiger partial charge in [0.2, 0.25) is 15.9 Å². The molecule has 26 heavy (non-hydrogen) atoms. The first-order valence-electron chi connectivity index (χ1n) is 9.41. The van der Waals surface area contributed by atoms with Crippen molar-refractivity contribution in [1.82, 2.24) is 9.21 Å². The van der Waals surface area contributed by atoms with Crippen LogP contribution in [-0.4, -0.2) is 60.9 Å². The average molecular weight is 381 g/mol. The SMILES string of the molecule is CN(C(=O)C1CCCN(S(=O)(=O)c2ccccc2)C1)[C@@H]1CCCC[C@H]1O. The molecule has 1 aromatic rings. The highest BCUT2D eigenvalue weighted by Crippen LogP contribution is 2.28. The maximum Gasteiger partial charge on any atom is 0.243 e. The van der Waals surface area contributed by atoms with E-state index in [1.807, 2.05) is 0 Å². The van der Waals surface area contributed by atoms with E-state index in [1.54, 1.807) is 42.3 Å². The Bertz CT molecular complexity index is 722. The molecule has 2 aliphatic rings. The average Bonchev–Trinajstić information content (AvgIpc) is 2.68. The molecule has 0 aromatic heterocycles. The molecular formula is C19H28N2O4S. The lowest BCUT2D eigenvalue weighted by atomic mass is 9.90. The molecule has 0 radical (unpaired) electrons. The number of benzene rings is 1. The summed E-state index contributed by atoms with van der Waals surface area (Å²) in [5, 5.41) is 10.2. The second-order valence-electron chi connectivity index (χ2n) is 7.38. The first kappa shape index (κ1) is 19.3. The van der Waals surface area contributed by atoms with Gasteiger partial charge in [-0.3, -0.25) is 4.79 Å². The van der Waals surface area contributed by atoms with Crippen LogP contribution in [-0.2, 0) is 14.8 Å². The molecule has 3 rings (SSSR count). The highest BCUT2D eigenvalue weighted by molar-refractivity contribution is 7.89. The van der Waals surface area contributed by atoms with E-state index < -0.39 is 16.1 Å². The van der Waals surface area contributed by atoms with Crippen molar-refractivity contribution in [2.75, 3.05) is 20.1 Å². The Morgan fingerprint density at radius 2 is 1.81 bits per heavy atom. The third-order valence-corrected chi connectivity index (χ3v) is 7.53. The minimum absolute atomic E-state index is 0.0519. The predicted molar refractivity (Wildman–Crippen MR) is 99.0 cm³/mol. The van der Waals surface area contributed by atoms with Crippen molar-refractivity contribution in [3.05, 3.63) is 30.3 Å². The number of carbonyl (C=O) groups is 1. The lowest BCUT2D eigenvalue weighted by Gasteiger charge is -2.39. The summed E-state index contributed by atoms with van der Waals surface area (Å²) in [7, 11) is -1.83. The van der Waals surface area contributed by atoms with E-state index in [9.17, 15) is 18.3 Å². The van der Waals surface area contributed by atoms with E-state index >= 15 is 0 Å². The van der Waals surface area contributed by atoms with Crippen LogP contribution in [0.1, 0.15) is 38.5 Å². The molecule has 1 heterocycles. The summed E-state index contributed by atoms with van der Waals surface area (Å²) in [6, 6.07) is 8.22. The number of aliphatic hydroxyl groups excluding tert-OH is 1. The van der Waals surface area contributed by atoms with Crippen LogP contribution in [0, 0.1) is 5.92 Å². The van der Waals surface area contributed by atoms with Gasteiger partial charge in [-0.25, -0.2) is 8.42 Å². The standard InChI is InChI=1S/C19H28N2O4S/c1-20(17-11-5-6-12-18(17)22)19(23)15-8-7-13-21(14-15)26(24,25)16-9-3-2-4-10-16/h2-4,9-10,15,17-18,22H,5-8,11-14H2,1H3/t15?,17-,18-/m1/s1. The minimum atomic E-state index is -3.58. The van der Waals surface area contributed by atoms with Crippen LogP contribution in [0.25, 0.3) is 0 Å². The summed E-state index contributed by atoms with van der Waals surface area (Å²) in [4.78, 5) is 14.9. The van der Waals surface area contributed by atoms with Crippen molar-refractivity contribution in [1.29, 1.82) is 0 Å². The topological polar surface area (TPSA) is 77.9 Å². The van der Waals surface area contributed by atoms with Crippen LogP contribution in [0.3, 0.4) is 0 Å². The first-order valence-corrected chi connectivity index (χ1v) is 10.8. The normalized spacial score (nSPS) is 27.8. The smallest absolute Gasteiger partial charge is 0.243 e. The van der Waals surface area contributed by atoms with Gasteiger partial charge in [-0.05, 0) is 37.8 Å². The molecule has 144 valence electrons. The Balaban J connectivity index is 1.71. The molecule has 2 fully saturated rings. The van der Waals surface area contributed by atoms with Gasteiger partial charge in [-0.2, -0.15) is 4.31 Å². The quantitative estimate of drug-likeness (QED) is 0.865. The first-order chi connectivity index (χ1) is 12.4. The second-order valence-corrected chi connectivity index (χ2v) is 9.32. The third kappa shape index (κ3) is 3.94. The molecule has 1 N–H and O–H groups in total. The van der Waals surface area contributed by atoms with Gasteiger partial charge in [0.1, 0.15) is 0 Å². The molecule has 3 atom stereocenters. The fourth-order valence-electron chi connectivity index (χ4n) is 4.10. The van der Waals surface area contributed by atoms with Crippen molar-refractivity contribution >= 4 is 15.9 Å². The molecule has 1 aliphatic heterocycles. The van der Waals surface area contributed by atoms with Gasteiger partial charge in [0.25, 0.3) is 0 Å². The Morgan fingerprint density at radius 1 is 1.12 bits per heavy atom. The fraction of sp³-hybridized carbons (Fsp3) is 0.632. The zero-order chi connectivity index (χ0) is 18.7. The number of aliphatic hydroxyl groups is 1. The molecule has 7 heteroatoms. The van der Waals surface area contributed by atoms with Crippen molar-refractivity contribution in [3.8, 4) is 0 Å². The summed E-state index contributed by atoms with van der Waals surface area (Å²) in [5.74, 6) is -0.398. The number of rotatable bonds is 4. The largest absolute Gasteiger partial charge is 0.391 e. The molecule has 1 amide bonds. The Hall–Kier alpha value is -1.44. The van der Waals surface area contributed by atoms with Crippen molar-refractivity contribution in [3.63, 3.8) is 0 Å². The van der Waals surface area contributed by atoms with E-state index in [0.29, 0.717) is 19.4 Å². The van der Waals surface area contributed by atoms with E-state index in [1.165, 1.54) is 4.31 Å². The molecular weight excluding hydrogens is 352 g/mol. The van der Waals surface area contributed by atoms with Gasteiger partial charge in [-0.1, -0.05) is 31.0 Å². The van der Waals surface area contributed by atoms with Crippen molar-refractivity contribution in [2.45, 2.75) is 55.6 Å². The molecule has 1 aromatic carbocycles. The van der Waals surface area contributed by atoms with Gasteiger partial charge >= 0.3 is 0 Å². The van der Waals surface area contributed by atoms with Gasteiger partial charge < -0.3 is 10.0 Å². The number of hydrogen-bond donors (Lipinski definition) is 1. The Morgan fingerprint density at radius 3 is 2.50 bits per heavy atom. The fourth-order valence-corrected chi connectivity index (χ4v) is 5.64. The Labute approximate surface area is 155 Å². The predicted octanol–water partition coefficient (Wildman–Crippen LogP) is 1.85. The number of piperidine rings is 1. The summed E-state index contributed by atoms with van der Waals surface area (Å²) in [6.45, 7) is 0.653. The highest BCUT2D eigenvalue weighted by Gasteiger charge is 2.37. The highest BCUT2D eigenvalue weighted by atomic mass is 32.2. The second kappa shape index (κ2) is 8.06. The number of carbonyl (C=O) groups excluding carboxylic acids is 1. The number of likely N-dealkylation sites (N-methyl/N-ethyl adjacent to an activating group) is 1. The summed E-state index contributed by atoms with van der Waals surface area (Å²) in [6.07, 6.45) is 4.41. The molecule has 0 bridgehead atoms. The lowest BCUT2D eigenvalue weighted by Crippen LogP contribution is -2.51. The van der Waals surface area contributed by atoms with E-state index in [4.69, 9.17) is 0 Å². The maximum atomic E-state index is 12.9. The summed E-state index contributed by atoms with van der Waals surface area (Å²) < 4.78 is 27.1. The van der Waals surface area contributed by atoms with E-state index in [-0.39, 0.29) is 29.3 Å². The summed E-state index contributed by atoms with van der Waals surface area (Å²) in [5.41, 5.74) is 0. The molecule has 1 aliphatic carbocycles. The lowest BCUT2D eigenvalue weighted by molar-refractivity contribution is -0.140. The van der Waals surface area contributed by atoms with Gasteiger partial charge in [0.05, 0.1) is 23.0 Å². The third-order valence-electron chi connectivity index (χ3n) is 5.65. The van der Waals surface area contributed by atoms with Crippen LogP contribution in [0.15, 0.2) is 35.2 Å². The van der Waals surface area contributed by atoms with Crippen LogP contribution < -0.4 is 0 Å². The van der Waals surface area contributed by atoms with Crippen LogP contribution >= 0.6 is 0 Å². The molecule has 1 unspecified atom stereocenters. The number of hydrogen-bond acceptors (Lipinski definition) is 4. The van der Waals surface area contributed by atoms with Crippen LogP contribution in [0.4, 0.5) is 0 Å². The van der Waals surface area contributed by atoms with E-state index in [2.05, 4.69) is 0 Å². The van der Waals surface area contributed by atoms with Crippen LogP contribution in [0.5, 0.6) is 0 Å². The number of nitrogens with zero attached hydrogens (tertiary/aromatic N) is 2. The zero-order valence-corrected chi connectivity index (χ0v) is 16.1. The monoisotopic (exact) mass is 380 g/mol. The Kier molecular flexibility index (Phi) is 5.99. The number of sulfonamides is 1. The van der Waals surface area contributed by atoms with Gasteiger partial charge in [0.15, 0.2) is 0 Å². The minimum Gasteiger partial charge on any atom is -0.391 e. The van der Waals surface area contributed by atoms with Gasteiger partial charge in [0, 0.05) is 20.1 Å². The summed E-state index contributed by atoms with van der Waals surface area (Å²) >= 11 is 0. The van der Waals surface area contributed by atoms with Crippen LogP contribution in [0.2, 0.25) is 0 Å². The van der Waals surface area contributed by atoms with E-state index in [0.717, 1.165) is 25.7 Å². The van der Waals surface area contributed by atoms with Crippen molar-refractivity contribution in [2.24, 2.45) is 5.92 Å². The molecule has 6 nitrogen and oxygen atoms in total. The maximum absolute atomic E-state index is 12.9. The molecule has 0 spiro atoms. The molecule has 1 saturated carbocycles.